The molecule has 1 aromatic carbocycles. The molecule has 0 fully saturated rings. The standard InChI is InChI=1S/C13H12Cl2F3NO3/c1-12(2,3)22-11(21)19-7-5-4-6(10(15)20)8(9(7)14)13(16,17)18/h4-5H,1-3H3,(H,19,21). The molecule has 0 saturated carbocycles. The van der Waals surface area contributed by atoms with Crippen LogP contribution in [-0.2, 0) is 10.9 Å². The Labute approximate surface area is 134 Å². The van der Waals surface area contributed by atoms with Gasteiger partial charge in [-0.3, -0.25) is 10.1 Å². The second-order valence-electron chi connectivity index (χ2n) is 5.25. The van der Waals surface area contributed by atoms with Crippen molar-refractivity contribution in [2.75, 3.05) is 5.32 Å². The molecule has 0 aliphatic heterocycles. The Bertz CT molecular complexity index is 610. The summed E-state index contributed by atoms with van der Waals surface area (Å²) in [6.45, 7) is 4.76. The molecule has 0 unspecified atom stereocenters. The fourth-order valence-corrected chi connectivity index (χ4v) is 2.00. The van der Waals surface area contributed by atoms with E-state index in [2.05, 4.69) is 5.32 Å². The van der Waals surface area contributed by atoms with Gasteiger partial charge in [0, 0.05) is 5.56 Å². The smallest absolute Gasteiger partial charge is 0.418 e. The molecule has 9 heteroatoms. The minimum atomic E-state index is -4.91. The average molecular weight is 358 g/mol. The molecule has 0 spiro atoms. The summed E-state index contributed by atoms with van der Waals surface area (Å²) >= 11 is 10.8. The molecule has 0 aromatic heterocycles. The van der Waals surface area contributed by atoms with Gasteiger partial charge in [0.25, 0.3) is 5.24 Å². The number of rotatable bonds is 2. The summed E-state index contributed by atoms with van der Waals surface area (Å²) in [6.07, 6.45) is -5.89. The first-order valence-corrected chi connectivity index (χ1v) is 6.68. The van der Waals surface area contributed by atoms with E-state index in [0.29, 0.717) is 0 Å². The lowest BCUT2D eigenvalue weighted by Gasteiger charge is -2.21. The van der Waals surface area contributed by atoms with Crippen molar-refractivity contribution < 1.29 is 27.5 Å². The highest BCUT2D eigenvalue weighted by Crippen LogP contribution is 2.41. The van der Waals surface area contributed by atoms with Crippen LogP contribution in [0.25, 0.3) is 0 Å². The first kappa shape index (κ1) is 18.6. The lowest BCUT2D eigenvalue weighted by molar-refractivity contribution is -0.137. The molecule has 0 radical (unpaired) electrons. The molecule has 1 aromatic rings. The minimum Gasteiger partial charge on any atom is -0.444 e. The Hall–Kier alpha value is -1.47. The zero-order chi connectivity index (χ0) is 17.3. The number of amides is 1. The van der Waals surface area contributed by atoms with Crippen LogP contribution < -0.4 is 5.32 Å². The van der Waals surface area contributed by atoms with Crippen molar-refractivity contribution in [1.29, 1.82) is 0 Å². The average Bonchev–Trinajstić information content (AvgIpc) is 2.26. The van der Waals surface area contributed by atoms with Gasteiger partial charge in [-0.1, -0.05) is 11.6 Å². The summed E-state index contributed by atoms with van der Waals surface area (Å²) in [7, 11) is 0. The van der Waals surface area contributed by atoms with Gasteiger partial charge in [-0.2, -0.15) is 13.2 Å². The summed E-state index contributed by atoms with van der Waals surface area (Å²) in [6, 6.07) is 1.87. The van der Waals surface area contributed by atoms with Gasteiger partial charge in [0.2, 0.25) is 0 Å². The highest BCUT2D eigenvalue weighted by molar-refractivity contribution is 6.68. The lowest BCUT2D eigenvalue weighted by atomic mass is 10.1. The van der Waals surface area contributed by atoms with E-state index in [-0.39, 0.29) is 5.69 Å². The zero-order valence-corrected chi connectivity index (χ0v) is 13.3. The SMILES string of the molecule is CC(C)(C)OC(=O)Nc1ccc(C(=O)Cl)c(C(F)(F)F)c1Cl. The van der Waals surface area contributed by atoms with Gasteiger partial charge in [-0.25, -0.2) is 4.79 Å². The van der Waals surface area contributed by atoms with Crippen molar-refractivity contribution in [2.45, 2.75) is 32.5 Å². The van der Waals surface area contributed by atoms with Gasteiger partial charge < -0.3 is 4.74 Å². The summed E-state index contributed by atoms with van der Waals surface area (Å²) in [5.41, 5.74) is -3.39. The normalized spacial score (nSPS) is 12.0. The van der Waals surface area contributed by atoms with Gasteiger partial charge in [-0.15, -0.1) is 0 Å². The zero-order valence-electron chi connectivity index (χ0n) is 11.8. The number of benzene rings is 1. The van der Waals surface area contributed by atoms with Crippen LogP contribution in [0.4, 0.5) is 23.7 Å². The van der Waals surface area contributed by atoms with Crippen LogP contribution in [-0.4, -0.2) is 16.9 Å². The van der Waals surface area contributed by atoms with Crippen molar-refractivity contribution in [2.24, 2.45) is 0 Å². The number of hydrogen-bond donors (Lipinski definition) is 1. The highest BCUT2D eigenvalue weighted by Gasteiger charge is 2.38. The number of nitrogens with one attached hydrogen (secondary N) is 1. The molecule has 0 heterocycles. The maximum absolute atomic E-state index is 13.0. The third kappa shape index (κ3) is 4.78. The topological polar surface area (TPSA) is 55.4 Å². The Kier molecular flexibility index (Phi) is 5.35. The van der Waals surface area contributed by atoms with Gasteiger partial charge >= 0.3 is 12.3 Å². The van der Waals surface area contributed by atoms with Crippen molar-refractivity contribution in [3.63, 3.8) is 0 Å². The van der Waals surface area contributed by atoms with Crippen molar-refractivity contribution in [1.82, 2.24) is 0 Å². The minimum absolute atomic E-state index is 0.343. The number of halogens is 5. The predicted octanol–water partition coefficient (Wildman–Crippen LogP) is 5.08. The first-order valence-electron chi connectivity index (χ1n) is 5.92. The van der Waals surface area contributed by atoms with Crippen molar-refractivity contribution in [3.05, 3.63) is 28.3 Å². The Morgan fingerprint density at radius 3 is 2.14 bits per heavy atom. The van der Waals surface area contributed by atoms with Crippen molar-refractivity contribution in [3.8, 4) is 0 Å². The van der Waals surface area contributed by atoms with E-state index in [0.717, 1.165) is 12.1 Å². The van der Waals surface area contributed by atoms with Gasteiger partial charge in [0.15, 0.2) is 0 Å². The molecule has 0 bridgehead atoms. The summed E-state index contributed by atoms with van der Waals surface area (Å²) < 4.78 is 44.0. The molecular weight excluding hydrogens is 346 g/mol. The molecular formula is C13H12Cl2F3NO3. The van der Waals surface area contributed by atoms with E-state index < -0.39 is 39.3 Å². The van der Waals surface area contributed by atoms with Crippen LogP contribution in [0.15, 0.2) is 12.1 Å². The number of anilines is 1. The molecule has 0 aliphatic rings. The van der Waals surface area contributed by atoms with Gasteiger partial charge in [0.1, 0.15) is 5.60 Å². The maximum Gasteiger partial charge on any atom is 0.418 e. The molecule has 22 heavy (non-hydrogen) atoms. The number of carbonyl (C=O) groups is 2. The fourth-order valence-electron chi connectivity index (χ4n) is 1.53. The Balaban J connectivity index is 3.25. The van der Waals surface area contributed by atoms with Crippen LogP contribution in [0.3, 0.4) is 0 Å². The summed E-state index contributed by atoms with van der Waals surface area (Å²) in [5, 5.41) is -0.0522. The molecule has 0 saturated heterocycles. The monoisotopic (exact) mass is 357 g/mol. The molecule has 0 aliphatic carbocycles. The van der Waals surface area contributed by atoms with E-state index >= 15 is 0 Å². The van der Waals surface area contributed by atoms with Gasteiger partial charge in [0.05, 0.1) is 16.3 Å². The quantitative estimate of drug-likeness (QED) is 0.750. The van der Waals surface area contributed by atoms with E-state index in [4.69, 9.17) is 27.9 Å². The highest BCUT2D eigenvalue weighted by atomic mass is 35.5. The maximum atomic E-state index is 13.0. The fraction of sp³-hybridized carbons (Fsp3) is 0.385. The van der Waals surface area contributed by atoms with Crippen molar-refractivity contribution >= 4 is 40.2 Å². The van der Waals surface area contributed by atoms with Crippen LogP contribution in [0, 0.1) is 0 Å². The predicted molar refractivity (Wildman–Crippen MR) is 76.5 cm³/mol. The number of hydrogen-bond acceptors (Lipinski definition) is 3. The first-order chi connectivity index (χ1) is 9.83. The summed E-state index contributed by atoms with van der Waals surface area (Å²) in [4.78, 5) is 22.7. The molecule has 1 N–H and O–H groups in total. The lowest BCUT2D eigenvalue weighted by Crippen LogP contribution is -2.27. The molecule has 4 nitrogen and oxygen atoms in total. The molecule has 1 amide bonds. The van der Waals surface area contributed by atoms with E-state index in [1.165, 1.54) is 0 Å². The second kappa shape index (κ2) is 6.34. The van der Waals surface area contributed by atoms with Crippen LogP contribution in [0.2, 0.25) is 5.02 Å². The van der Waals surface area contributed by atoms with E-state index in [1.54, 1.807) is 20.8 Å². The third-order valence-corrected chi connectivity index (χ3v) is 2.87. The Morgan fingerprint density at radius 2 is 1.73 bits per heavy atom. The van der Waals surface area contributed by atoms with Crippen LogP contribution in [0.1, 0.15) is 36.7 Å². The number of ether oxygens (including phenoxy) is 1. The van der Waals surface area contributed by atoms with Crippen LogP contribution >= 0.6 is 23.2 Å². The molecule has 122 valence electrons. The number of alkyl halides is 3. The largest absolute Gasteiger partial charge is 0.444 e. The van der Waals surface area contributed by atoms with Gasteiger partial charge in [-0.05, 0) is 44.5 Å². The van der Waals surface area contributed by atoms with Crippen LogP contribution in [0.5, 0.6) is 0 Å². The summed E-state index contributed by atoms with van der Waals surface area (Å²) in [5.74, 6) is 0. The van der Waals surface area contributed by atoms with E-state index in [9.17, 15) is 22.8 Å². The Morgan fingerprint density at radius 1 is 1.18 bits per heavy atom. The number of carbonyl (C=O) groups excluding carboxylic acids is 2. The third-order valence-electron chi connectivity index (χ3n) is 2.27. The molecule has 0 atom stereocenters. The second-order valence-corrected chi connectivity index (χ2v) is 5.97. The molecule has 1 rings (SSSR count). The van der Waals surface area contributed by atoms with E-state index in [1.807, 2.05) is 0 Å².